The van der Waals surface area contributed by atoms with Gasteiger partial charge in [0.2, 0.25) is 0 Å². The number of carboxylic acid groups (broad SMARTS) is 2. The molecule has 0 saturated carbocycles. The maximum absolute atomic E-state index is 13.0. The van der Waals surface area contributed by atoms with E-state index in [2.05, 4.69) is 5.32 Å². The summed E-state index contributed by atoms with van der Waals surface area (Å²) >= 11 is 0. The number of carbonyl (C=O) groups is 3. The molecule has 4 rings (SSSR count). The van der Waals surface area contributed by atoms with Crippen LogP contribution in [0.15, 0.2) is 54.6 Å². The maximum atomic E-state index is 13.0. The highest BCUT2D eigenvalue weighted by Crippen LogP contribution is 2.36. The molecule has 10 nitrogen and oxygen atoms in total. The second-order valence-corrected chi connectivity index (χ2v) is 10.2. The Morgan fingerprint density at radius 3 is 2.38 bits per heavy atom. The van der Waals surface area contributed by atoms with Gasteiger partial charge < -0.3 is 34.5 Å². The lowest BCUT2D eigenvalue weighted by atomic mass is 10.0. The number of hydrogen-bond acceptors (Lipinski definition) is 7. The van der Waals surface area contributed by atoms with Crippen molar-refractivity contribution in [3.8, 4) is 34.1 Å². The molecule has 42 heavy (non-hydrogen) atoms. The first-order valence-corrected chi connectivity index (χ1v) is 13.9. The van der Waals surface area contributed by atoms with Gasteiger partial charge in [0, 0.05) is 30.0 Å². The van der Waals surface area contributed by atoms with E-state index in [9.17, 15) is 19.5 Å². The van der Waals surface area contributed by atoms with E-state index in [-0.39, 0.29) is 44.4 Å². The van der Waals surface area contributed by atoms with Crippen molar-refractivity contribution < 1.29 is 43.5 Å². The van der Waals surface area contributed by atoms with Crippen LogP contribution in [0.1, 0.15) is 54.6 Å². The molecule has 0 spiro atoms. The molecule has 1 aliphatic rings. The first-order valence-electron chi connectivity index (χ1n) is 13.9. The summed E-state index contributed by atoms with van der Waals surface area (Å²) in [5.41, 5.74) is 3.40. The molecule has 0 bridgehead atoms. The Labute approximate surface area is 244 Å². The molecule has 3 N–H and O–H groups in total. The van der Waals surface area contributed by atoms with E-state index in [4.69, 9.17) is 24.1 Å². The lowest BCUT2D eigenvalue weighted by molar-refractivity contribution is -0.138. The minimum absolute atomic E-state index is 0.0281. The van der Waals surface area contributed by atoms with E-state index in [1.807, 2.05) is 44.2 Å². The Morgan fingerprint density at radius 1 is 0.881 bits per heavy atom. The molecule has 1 aliphatic heterocycles. The molecule has 1 amide bonds. The quantitative estimate of drug-likeness (QED) is 0.223. The lowest BCUT2D eigenvalue weighted by Crippen LogP contribution is -2.30. The van der Waals surface area contributed by atoms with Gasteiger partial charge in [0.1, 0.15) is 31.3 Å². The number of ether oxygens (including phenoxy) is 4. The first kappa shape index (κ1) is 30.2. The van der Waals surface area contributed by atoms with Crippen LogP contribution in [0.4, 0.5) is 0 Å². The second-order valence-electron chi connectivity index (χ2n) is 10.2. The Hall–Kier alpha value is -4.73. The first-order chi connectivity index (χ1) is 20.2. The third-order valence-electron chi connectivity index (χ3n) is 6.47. The number of carboxylic acids is 2. The van der Waals surface area contributed by atoms with E-state index in [1.54, 1.807) is 24.3 Å². The molecule has 0 saturated heterocycles. The monoisotopic (exact) mass is 577 g/mol. The zero-order valence-electron chi connectivity index (χ0n) is 23.7. The molecule has 0 aromatic heterocycles. The highest BCUT2D eigenvalue weighted by molar-refractivity contribution is 5.96. The summed E-state index contributed by atoms with van der Waals surface area (Å²) in [7, 11) is 0. The van der Waals surface area contributed by atoms with Crippen LogP contribution < -0.4 is 24.3 Å². The molecule has 0 unspecified atom stereocenters. The number of benzene rings is 3. The second kappa shape index (κ2) is 14.2. The van der Waals surface area contributed by atoms with Crippen molar-refractivity contribution in [1.29, 1.82) is 0 Å². The molecular weight excluding hydrogens is 542 g/mol. The number of rotatable bonds is 14. The lowest BCUT2D eigenvalue weighted by Gasteiger charge is -2.19. The van der Waals surface area contributed by atoms with Gasteiger partial charge in [-0.15, -0.1) is 0 Å². The fraction of sp³-hybridized carbons (Fsp3) is 0.344. The Bertz CT molecular complexity index is 1430. The molecule has 0 aliphatic carbocycles. The summed E-state index contributed by atoms with van der Waals surface area (Å²) in [5.74, 6) is 0.129. The van der Waals surface area contributed by atoms with Crippen molar-refractivity contribution in [2.45, 2.75) is 52.2 Å². The third-order valence-corrected chi connectivity index (χ3v) is 6.47. The molecule has 1 heterocycles. The number of nitrogens with one attached hydrogen (secondary N) is 1. The van der Waals surface area contributed by atoms with Crippen molar-refractivity contribution in [3.63, 3.8) is 0 Å². The molecule has 222 valence electrons. The van der Waals surface area contributed by atoms with Crippen LogP contribution in [0.5, 0.6) is 23.0 Å². The van der Waals surface area contributed by atoms with Crippen LogP contribution >= 0.6 is 0 Å². The van der Waals surface area contributed by atoms with Crippen molar-refractivity contribution >= 4 is 17.8 Å². The molecular formula is C32H35NO9. The molecule has 0 radical (unpaired) electrons. The molecule has 0 atom stereocenters. The normalized spacial score (nSPS) is 12.1. The zero-order chi connectivity index (χ0) is 30.1. The van der Waals surface area contributed by atoms with Gasteiger partial charge in [0.25, 0.3) is 5.91 Å². The SMILES string of the molecule is CC(C)NC(=O)c1cc(OCc2cccc(OCCCC(=O)O)c2CCC(=O)O)cc(-c2ccc3c(c2)OCCO3)c1. The fourth-order valence-corrected chi connectivity index (χ4v) is 4.51. The van der Waals surface area contributed by atoms with Crippen molar-refractivity contribution in [2.75, 3.05) is 19.8 Å². The predicted octanol–water partition coefficient (Wildman–Crippen LogP) is 5.10. The van der Waals surface area contributed by atoms with Crippen LogP contribution in [-0.2, 0) is 22.6 Å². The van der Waals surface area contributed by atoms with Crippen LogP contribution in [0, 0.1) is 0 Å². The van der Waals surface area contributed by atoms with Crippen LogP contribution in [-0.4, -0.2) is 53.9 Å². The number of hydrogen-bond donors (Lipinski definition) is 3. The van der Waals surface area contributed by atoms with Gasteiger partial charge in [-0.25, -0.2) is 0 Å². The van der Waals surface area contributed by atoms with Crippen molar-refractivity contribution in [1.82, 2.24) is 5.32 Å². The summed E-state index contributed by atoms with van der Waals surface area (Å²) in [6.07, 6.45) is 0.395. The van der Waals surface area contributed by atoms with Crippen LogP contribution in [0.2, 0.25) is 0 Å². The molecule has 3 aromatic carbocycles. The minimum Gasteiger partial charge on any atom is -0.493 e. The van der Waals surface area contributed by atoms with E-state index in [0.717, 1.165) is 16.7 Å². The summed E-state index contributed by atoms with van der Waals surface area (Å²) in [4.78, 5) is 35.2. The molecule has 10 heteroatoms. The van der Waals surface area contributed by atoms with Gasteiger partial charge >= 0.3 is 11.9 Å². The standard InChI is InChI=1S/C32H35NO9/c1-20(2)33-32(38)24-15-23(21-8-10-28-29(18-21)41-14-13-40-28)16-25(17-24)42-19-22-5-3-6-27(26(22)9-11-31(36)37)39-12-4-7-30(34)35/h3,5-6,8,10,15-18,20H,4,7,9,11-14,19H2,1-2H3,(H,33,38)(H,34,35)(H,36,37). The van der Waals surface area contributed by atoms with Gasteiger partial charge in [-0.3, -0.25) is 14.4 Å². The number of carbonyl (C=O) groups excluding carboxylic acids is 1. The van der Waals surface area contributed by atoms with E-state index in [1.165, 1.54) is 0 Å². The summed E-state index contributed by atoms with van der Waals surface area (Å²) in [6.45, 7) is 4.98. The number of amides is 1. The Kier molecular flexibility index (Phi) is 10.3. The largest absolute Gasteiger partial charge is 0.493 e. The molecule has 3 aromatic rings. The van der Waals surface area contributed by atoms with Crippen LogP contribution in [0.25, 0.3) is 11.1 Å². The smallest absolute Gasteiger partial charge is 0.303 e. The maximum Gasteiger partial charge on any atom is 0.303 e. The Balaban J connectivity index is 1.62. The average Bonchev–Trinajstić information content (AvgIpc) is 2.96. The summed E-state index contributed by atoms with van der Waals surface area (Å²) in [6, 6.07) is 16.2. The predicted molar refractivity (Wildman–Crippen MR) is 155 cm³/mol. The summed E-state index contributed by atoms with van der Waals surface area (Å²) < 4.78 is 23.4. The van der Waals surface area contributed by atoms with E-state index in [0.29, 0.717) is 53.8 Å². The van der Waals surface area contributed by atoms with Crippen molar-refractivity contribution in [3.05, 3.63) is 71.3 Å². The Morgan fingerprint density at radius 2 is 1.64 bits per heavy atom. The van der Waals surface area contributed by atoms with E-state index < -0.39 is 11.9 Å². The number of fused-ring (bicyclic) bond motifs is 1. The van der Waals surface area contributed by atoms with Gasteiger partial charge in [0.05, 0.1) is 6.61 Å². The van der Waals surface area contributed by atoms with Gasteiger partial charge in [-0.05, 0) is 79.8 Å². The third kappa shape index (κ3) is 8.39. The van der Waals surface area contributed by atoms with Gasteiger partial charge in [-0.2, -0.15) is 0 Å². The van der Waals surface area contributed by atoms with Gasteiger partial charge in [-0.1, -0.05) is 18.2 Å². The highest BCUT2D eigenvalue weighted by atomic mass is 16.6. The highest BCUT2D eigenvalue weighted by Gasteiger charge is 2.17. The topological polar surface area (TPSA) is 141 Å². The average molecular weight is 578 g/mol. The van der Waals surface area contributed by atoms with E-state index >= 15 is 0 Å². The summed E-state index contributed by atoms with van der Waals surface area (Å²) in [5, 5.41) is 21.1. The zero-order valence-corrected chi connectivity index (χ0v) is 23.7. The fourth-order valence-electron chi connectivity index (χ4n) is 4.51. The minimum atomic E-state index is -0.949. The van der Waals surface area contributed by atoms with Gasteiger partial charge in [0.15, 0.2) is 11.5 Å². The molecule has 0 fully saturated rings. The van der Waals surface area contributed by atoms with Crippen molar-refractivity contribution in [2.24, 2.45) is 0 Å². The van der Waals surface area contributed by atoms with Crippen LogP contribution in [0.3, 0.4) is 0 Å². The number of aliphatic carboxylic acids is 2.